The topological polar surface area (TPSA) is 61.8 Å². The fourth-order valence-electron chi connectivity index (χ4n) is 2.99. The number of nitrogens with zero attached hydrogens (tertiary/aromatic N) is 2. The van der Waals surface area contributed by atoms with Gasteiger partial charge in [-0.1, -0.05) is 13.8 Å². The van der Waals surface area contributed by atoms with Gasteiger partial charge in [0.05, 0.1) is 6.04 Å². The van der Waals surface area contributed by atoms with E-state index < -0.39 is 11.8 Å². The van der Waals surface area contributed by atoms with Crippen LogP contribution in [0.1, 0.15) is 46.5 Å². The van der Waals surface area contributed by atoms with Gasteiger partial charge in [0.1, 0.15) is 0 Å². The highest BCUT2D eigenvalue weighted by molar-refractivity contribution is 6.35. The van der Waals surface area contributed by atoms with Crippen molar-refractivity contribution in [2.45, 2.75) is 52.5 Å². The van der Waals surface area contributed by atoms with E-state index in [4.69, 9.17) is 0 Å². The molecular weight excluding hydrogens is 266 g/mol. The largest absolute Gasteiger partial charge is 0.340 e. The van der Waals surface area contributed by atoms with Crippen LogP contribution in [0.4, 0.5) is 0 Å². The predicted molar refractivity (Wildman–Crippen MR) is 83.0 cm³/mol. The van der Waals surface area contributed by atoms with E-state index in [1.54, 1.807) is 11.1 Å². The van der Waals surface area contributed by atoms with Crippen LogP contribution in [-0.2, 0) is 9.59 Å². The highest BCUT2D eigenvalue weighted by Gasteiger charge is 2.27. The number of amides is 2. The van der Waals surface area contributed by atoms with Gasteiger partial charge in [0, 0.05) is 25.0 Å². The molecule has 2 aliphatic heterocycles. The van der Waals surface area contributed by atoms with Crippen molar-refractivity contribution in [3.63, 3.8) is 0 Å². The summed E-state index contributed by atoms with van der Waals surface area (Å²) in [5.74, 6) is -0.432. The summed E-state index contributed by atoms with van der Waals surface area (Å²) in [4.78, 5) is 30.3. The maximum absolute atomic E-state index is 12.2. The lowest BCUT2D eigenvalue weighted by molar-refractivity contribution is -0.147. The minimum Gasteiger partial charge on any atom is -0.340 e. The van der Waals surface area contributed by atoms with Crippen molar-refractivity contribution in [2.24, 2.45) is 10.9 Å². The SMILES string of the molecule is CCC1=C(C)N=C[C@@H](NC(=O)C(=O)N2CCC[C@H](C)C2)C1. The second-order valence-electron chi connectivity index (χ2n) is 6.10. The molecule has 0 aromatic carbocycles. The van der Waals surface area contributed by atoms with Gasteiger partial charge in [-0.3, -0.25) is 14.6 Å². The molecule has 1 saturated heterocycles. The lowest BCUT2D eigenvalue weighted by Gasteiger charge is -2.31. The van der Waals surface area contributed by atoms with Gasteiger partial charge in [0.15, 0.2) is 0 Å². The summed E-state index contributed by atoms with van der Waals surface area (Å²) in [6.45, 7) is 7.55. The molecule has 0 saturated carbocycles. The maximum Gasteiger partial charge on any atom is 0.311 e. The zero-order chi connectivity index (χ0) is 15.4. The Morgan fingerprint density at radius 1 is 1.48 bits per heavy atom. The zero-order valence-electron chi connectivity index (χ0n) is 13.2. The Morgan fingerprint density at radius 3 is 2.90 bits per heavy atom. The third kappa shape index (κ3) is 3.93. The molecule has 21 heavy (non-hydrogen) atoms. The number of allylic oxidation sites excluding steroid dienone is 1. The number of nitrogens with one attached hydrogen (secondary N) is 1. The molecular formula is C16H25N3O2. The second kappa shape index (κ2) is 6.87. The summed E-state index contributed by atoms with van der Waals surface area (Å²) in [6, 6.07) is -0.165. The number of piperidine rings is 1. The van der Waals surface area contributed by atoms with E-state index in [1.165, 1.54) is 5.57 Å². The average molecular weight is 291 g/mol. The van der Waals surface area contributed by atoms with Crippen molar-refractivity contribution >= 4 is 18.0 Å². The number of carbonyl (C=O) groups excluding carboxylic acids is 2. The van der Waals surface area contributed by atoms with Crippen LogP contribution >= 0.6 is 0 Å². The molecule has 2 rings (SSSR count). The lowest BCUT2D eigenvalue weighted by atomic mass is 9.99. The maximum atomic E-state index is 12.2. The van der Waals surface area contributed by atoms with Crippen molar-refractivity contribution in [2.75, 3.05) is 13.1 Å². The van der Waals surface area contributed by atoms with Crippen LogP contribution in [0, 0.1) is 5.92 Å². The minimum atomic E-state index is -0.504. The van der Waals surface area contributed by atoms with E-state index in [1.807, 2.05) is 6.92 Å². The van der Waals surface area contributed by atoms with Crippen molar-refractivity contribution in [3.05, 3.63) is 11.3 Å². The Kier molecular flexibility index (Phi) is 5.15. The molecule has 0 aromatic heterocycles. The molecule has 0 bridgehead atoms. The Labute approximate surface area is 126 Å². The molecule has 0 radical (unpaired) electrons. The highest BCUT2D eigenvalue weighted by atomic mass is 16.2. The van der Waals surface area contributed by atoms with E-state index in [-0.39, 0.29) is 6.04 Å². The molecule has 116 valence electrons. The Morgan fingerprint density at radius 2 is 2.24 bits per heavy atom. The third-order valence-corrected chi connectivity index (χ3v) is 4.31. The van der Waals surface area contributed by atoms with Gasteiger partial charge in [0.25, 0.3) is 0 Å². The molecule has 5 nitrogen and oxygen atoms in total. The average Bonchev–Trinajstić information content (AvgIpc) is 2.48. The summed E-state index contributed by atoms with van der Waals surface area (Å²) in [5, 5.41) is 2.80. The van der Waals surface area contributed by atoms with Gasteiger partial charge >= 0.3 is 11.8 Å². The van der Waals surface area contributed by atoms with E-state index in [0.29, 0.717) is 19.0 Å². The van der Waals surface area contributed by atoms with Crippen molar-refractivity contribution in [1.82, 2.24) is 10.2 Å². The molecule has 0 unspecified atom stereocenters. The molecule has 1 N–H and O–H groups in total. The van der Waals surface area contributed by atoms with Crippen LogP contribution in [0.25, 0.3) is 0 Å². The summed E-state index contributed by atoms with van der Waals surface area (Å²) < 4.78 is 0. The van der Waals surface area contributed by atoms with Crippen molar-refractivity contribution in [3.8, 4) is 0 Å². The van der Waals surface area contributed by atoms with E-state index in [0.717, 1.165) is 31.4 Å². The van der Waals surface area contributed by atoms with Crippen molar-refractivity contribution in [1.29, 1.82) is 0 Å². The first-order valence-electron chi connectivity index (χ1n) is 7.83. The quantitative estimate of drug-likeness (QED) is 0.790. The number of rotatable bonds is 2. The molecule has 1 fully saturated rings. The predicted octanol–water partition coefficient (Wildman–Crippen LogP) is 1.89. The first-order valence-corrected chi connectivity index (χ1v) is 7.83. The Balaban J connectivity index is 1.90. The van der Waals surface area contributed by atoms with Crippen LogP contribution in [0.15, 0.2) is 16.3 Å². The first-order chi connectivity index (χ1) is 10.0. The van der Waals surface area contributed by atoms with Gasteiger partial charge in [-0.05, 0) is 44.1 Å². The van der Waals surface area contributed by atoms with Crippen molar-refractivity contribution < 1.29 is 9.59 Å². The molecule has 2 atom stereocenters. The van der Waals surface area contributed by atoms with E-state index in [2.05, 4.69) is 24.2 Å². The van der Waals surface area contributed by atoms with Gasteiger partial charge in [-0.2, -0.15) is 0 Å². The van der Waals surface area contributed by atoms with Crippen LogP contribution < -0.4 is 5.32 Å². The Hall–Kier alpha value is -1.65. The fourth-order valence-corrected chi connectivity index (χ4v) is 2.99. The number of aliphatic imine (C=N–C) groups is 1. The summed E-state index contributed by atoms with van der Waals surface area (Å²) in [6.07, 6.45) is 5.52. The fraction of sp³-hybridized carbons (Fsp3) is 0.688. The molecule has 0 spiro atoms. The van der Waals surface area contributed by atoms with E-state index >= 15 is 0 Å². The van der Waals surface area contributed by atoms with Crippen LogP contribution in [0.5, 0.6) is 0 Å². The lowest BCUT2D eigenvalue weighted by Crippen LogP contribution is -2.50. The third-order valence-electron chi connectivity index (χ3n) is 4.31. The molecule has 5 heteroatoms. The van der Waals surface area contributed by atoms with Gasteiger partial charge in [0.2, 0.25) is 0 Å². The highest BCUT2D eigenvalue weighted by Crippen LogP contribution is 2.20. The number of hydrogen-bond donors (Lipinski definition) is 1. The van der Waals surface area contributed by atoms with Crippen LogP contribution in [-0.4, -0.2) is 42.1 Å². The molecule has 2 amide bonds. The zero-order valence-corrected chi connectivity index (χ0v) is 13.2. The molecule has 0 aliphatic carbocycles. The molecule has 2 aliphatic rings. The Bertz CT molecular complexity index is 482. The summed E-state index contributed by atoms with van der Waals surface area (Å²) in [7, 11) is 0. The van der Waals surface area contributed by atoms with Crippen LogP contribution in [0.3, 0.4) is 0 Å². The normalized spacial score (nSPS) is 26.0. The van der Waals surface area contributed by atoms with Gasteiger partial charge < -0.3 is 10.2 Å². The first kappa shape index (κ1) is 15.7. The monoisotopic (exact) mass is 291 g/mol. The number of carbonyl (C=O) groups is 2. The van der Waals surface area contributed by atoms with Gasteiger partial charge in [-0.25, -0.2) is 0 Å². The number of likely N-dealkylation sites (tertiary alicyclic amines) is 1. The smallest absolute Gasteiger partial charge is 0.311 e. The number of hydrogen-bond acceptors (Lipinski definition) is 3. The van der Waals surface area contributed by atoms with Crippen LogP contribution in [0.2, 0.25) is 0 Å². The summed E-state index contributed by atoms with van der Waals surface area (Å²) >= 11 is 0. The minimum absolute atomic E-state index is 0.165. The molecule has 2 heterocycles. The summed E-state index contributed by atoms with van der Waals surface area (Å²) in [5.41, 5.74) is 2.26. The van der Waals surface area contributed by atoms with Gasteiger partial charge in [-0.15, -0.1) is 0 Å². The molecule has 0 aromatic rings. The standard InChI is InChI=1S/C16H25N3O2/c1-4-13-8-14(9-17-12(13)3)18-15(20)16(21)19-7-5-6-11(2)10-19/h9,11,14H,4-8,10H2,1-3H3,(H,18,20)/t11-,14-/m0/s1. The van der Waals surface area contributed by atoms with E-state index in [9.17, 15) is 9.59 Å². The second-order valence-corrected chi connectivity index (χ2v) is 6.10.